The van der Waals surface area contributed by atoms with Crippen molar-refractivity contribution in [3.63, 3.8) is 0 Å². The summed E-state index contributed by atoms with van der Waals surface area (Å²) in [4.78, 5) is 7.23. The van der Waals surface area contributed by atoms with Gasteiger partial charge in [-0.3, -0.25) is 4.90 Å². The Hall–Kier alpha value is -2.93. The molecular weight excluding hydrogens is 330 g/mol. The minimum Gasteiger partial charge on any atom is -0.459 e. The minimum atomic E-state index is 0.256. The van der Waals surface area contributed by atoms with Crippen LogP contribution in [0.5, 0.6) is 0 Å². The Morgan fingerprint density at radius 1 is 1.15 bits per heavy atom. The van der Waals surface area contributed by atoms with Crippen LogP contribution in [0.1, 0.15) is 30.6 Å². The van der Waals surface area contributed by atoms with Crippen molar-refractivity contribution in [3.05, 3.63) is 54.4 Å². The Morgan fingerprint density at radius 3 is 2.92 bits per heavy atom. The van der Waals surface area contributed by atoms with E-state index in [2.05, 4.69) is 44.9 Å². The van der Waals surface area contributed by atoms with Crippen LogP contribution in [-0.2, 0) is 13.6 Å². The Kier molecular flexibility index (Phi) is 3.60. The normalized spacial score (nSPS) is 18.1. The summed E-state index contributed by atoms with van der Waals surface area (Å²) in [5, 5.41) is 8.28. The molecule has 1 aliphatic rings. The molecule has 0 N–H and O–H groups in total. The molecule has 26 heavy (non-hydrogen) atoms. The Balaban J connectivity index is 1.41. The van der Waals surface area contributed by atoms with E-state index in [0.29, 0.717) is 24.1 Å². The Bertz CT molecular complexity index is 1030. The van der Waals surface area contributed by atoms with Crippen LogP contribution < -0.4 is 0 Å². The van der Waals surface area contributed by atoms with Crippen molar-refractivity contribution in [2.75, 3.05) is 6.54 Å². The largest absolute Gasteiger partial charge is 0.459 e. The molecule has 132 valence electrons. The number of benzene rings is 1. The molecule has 0 unspecified atom stereocenters. The Morgan fingerprint density at radius 2 is 2.08 bits per heavy atom. The molecular formula is C19H19N5O2. The number of aryl methyl sites for hydroxylation is 1. The van der Waals surface area contributed by atoms with Gasteiger partial charge in [-0.15, -0.1) is 10.2 Å². The van der Waals surface area contributed by atoms with Crippen molar-refractivity contribution >= 4 is 11.0 Å². The van der Waals surface area contributed by atoms with Crippen LogP contribution in [0.4, 0.5) is 0 Å². The zero-order valence-electron chi connectivity index (χ0n) is 14.5. The standard InChI is InChI=1S/C19H19N5O2/c1-23-14-7-3-2-6-13(14)20-18(23)15-8-4-10-24(15)12-17-21-22-19(26-17)16-9-5-11-25-16/h2-3,5-7,9,11,15H,4,8,10,12H2,1H3/t15-/m1/s1. The summed E-state index contributed by atoms with van der Waals surface area (Å²) in [5.74, 6) is 2.71. The molecule has 0 bridgehead atoms. The third-order valence-electron chi connectivity index (χ3n) is 5.02. The maximum Gasteiger partial charge on any atom is 0.283 e. The first-order valence-electron chi connectivity index (χ1n) is 8.81. The number of furan rings is 1. The number of hydrogen-bond acceptors (Lipinski definition) is 6. The summed E-state index contributed by atoms with van der Waals surface area (Å²) >= 11 is 0. The van der Waals surface area contributed by atoms with Crippen LogP contribution in [0.15, 0.2) is 51.5 Å². The molecule has 1 aliphatic heterocycles. The van der Waals surface area contributed by atoms with E-state index in [-0.39, 0.29) is 6.04 Å². The zero-order chi connectivity index (χ0) is 17.5. The van der Waals surface area contributed by atoms with E-state index in [1.165, 1.54) is 0 Å². The molecule has 7 nitrogen and oxygen atoms in total. The van der Waals surface area contributed by atoms with E-state index in [1.807, 2.05) is 12.1 Å². The second-order valence-electron chi connectivity index (χ2n) is 6.62. The molecule has 0 aliphatic carbocycles. The highest BCUT2D eigenvalue weighted by Gasteiger charge is 2.31. The molecule has 3 aromatic heterocycles. The third-order valence-corrected chi connectivity index (χ3v) is 5.02. The molecule has 0 radical (unpaired) electrons. The smallest absolute Gasteiger partial charge is 0.283 e. The van der Waals surface area contributed by atoms with E-state index in [0.717, 1.165) is 36.2 Å². The SMILES string of the molecule is Cn1c([C@H]2CCCN2Cc2nnc(-c3ccco3)o2)nc2ccccc21. The van der Waals surface area contributed by atoms with E-state index in [9.17, 15) is 0 Å². The van der Waals surface area contributed by atoms with Crippen LogP contribution in [0.25, 0.3) is 22.7 Å². The number of imidazole rings is 1. The summed E-state index contributed by atoms with van der Waals surface area (Å²) < 4.78 is 13.3. The van der Waals surface area contributed by atoms with Gasteiger partial charge in [-0.2, -0.15) is 0 Å². The van der Waals surface area contributed by atoms with Gasteiger partial charge in [0.05, 0.1) is 29.9 Å². The minimum absolute atomic E-state index is 0.256. The van der Waals surface area contributed by atoms with E-state index in [4.69, 9.17) is 13.8 Å². The van der Waals surface area contributed by atoms with Gasteiger partial charge in [0.15, 0.2) is 5.76 Å². The third kappa shape index (κ3) is 2.52. The lowest BCUT2D eigenvalue weighted by atomic mass is 10.2. The molecule has 1 fully saturated rings. The average Bonchev–Trinajstić information content (AvgIpc) is 3.42. The quantitative estimate of drug-likeness (QED) is 0.561. The number of aromatic nitrogens is 4. The van der Waals surface area contributed by atoms with E-state index in [1.54, 1.807) is 12.3 Å². The van der Waals surface area contributed by atoms with Gasteiger partial charge in [0, 0.05) is 7.05 Å². The number of hydrogen-bond donors (Lipinski definition) is 0. The zero-order valence-corrected chi connectivity index (χ0v) is 14.5. The molecule has 0 amide bonds. The highest BCUT2D eigenvalue weighted by molar-refractivity contribution is 5.75. The summed E-state index contributed by atoms with van der Waals surface area (Å²) in [5.41, 5.74) is 2.20. The summed E-state index contributed by atoms with van der Waals surface area (Å²) in [6, 6.07) is 12.1. The average molecular weight is 349 g/mol. The maximum absolute atomic E-state index is 5.78. The highest BCUT2D eigenvalue weighted by Crippen LogP contribution is 2.34. The van der Waals surface area contributed by atoms with Crippen molar-refractivity contribution in [3.8, 4) is 11.7 Å². The summed E-state index contributed by atoms with van der Waals surface area (Å²) in [7, 11) is 2.09. The number of likely N-dealkylation sites (tertiary alicyclic amines) is 1. The van der Waals surface area contributed by atoms with Gasteiger partial charge in [0.2, 0.25) is 5.89 Å². The Labute approximate surface area is 150 Å². The van der Waals surface area contributed by atoms with Crippen LogP contribution in [0.3, 0.4) is 0 Å². The molecule has 7 heteroatoms. The van der Waals surface area contributed by atoms with Crippen LogP contribution in [0.2, 0.25) is 0 Å². The maximum atomic E-state index is 5.78. The predicted octanol–water partition coefficient (Wildman–Crippen LogP) is 3.55. The van der Waals surface area contributed by atoms with Gasteiger partial charge in [-0.1, -0.05) is 12.1 Å². The van der Waals surface area contributed by atoms with Gasteiger partial charge in [0.25, 0.3) is 5.89 Å². The number of fused-ring (bicyclic) bond motifs is 1. The predicted molar refractivity (Wildman–Crippen MR) is 95.1 cm³/mol. The fraction of sp³-hybridized carbons (Fsp3) is 0.316. The highest BCUT2D eigenvalue weighted by atomic mass is 16.4. The fourth-order valence-corrected chi connectivity index (χ4v) is 3.76. The first kappa shape index (κ1) is 15.3. The summed E-state index contributed by atoms with van der Waals surface area (Å²) in [6.07, 6.45) is 3.81. The molecule has 1 aromatic carbocycles. The van der Waals surface area contributed by atoms with Gasteiger partial charge < -0.3 is 13.4 Å². The molecule has 0 spiro atoms. The van der Waals surface area contributed by atoms with Gasteiger partial charge in [-0.25, -0.2) is 4.98 Å². The van der Waals surface area contributed by atoms with Crippen molar-refractivity contribution in [2.45, 2.75) is 25.4 Å². The first-order valence-corrected chi connectivity index (χ1v) is 8.81. The van der Waals surface area contributed by atoms with E-state index >= 15 is 0 Å². The topological polar surface area (TPSA) is 73.1 Å². The molecule has 1 atom stereocenters. The van der Waals surface area contributed by atoms with Gasteiger partial charge in [-0.05, 0) is 43.7 Å². The van der Waals surface area contributed by atoms with Crippen LogP contribution in [0, 0.1) is 0 Å². The fourth-order valence-electron chi connectivity index (χ4n) is 3.76. The summed E-state index contributed by atoms with van der Waals surface area (Å²) in [6.45, 7) is 1.61. The van der Waals surface area contributed by atoms with Crippen molar-refractivity contribution in [1.29, 1.82) is 0 Å². The number of nitrogens with zero attached hydrogens (tertiary/aromatic N) is 5. The first-order chi connectivity index (χ1) is 12.8. The van der Waals surface area contributed by atoms with Crippen LogP contribution >= 0.6 is 0 Å². The molecule has 4 aromatic rings. The van der Waals surface area contributed by atoms with Gasteiger partial charge in [0.1, 0.15) is 5.82 Å². The number of para-hydroxylation sites is 2. The van der Waals surface area contributed by atoms with Crippen molar-refractivity contribution in [1.82, 2.24) is 24.6 Å². The van der Waals surface area contributed by atoms with Crippen LogP contribution in [-0.4, -0.2) is 31.2 Å². The molecule has 4 heterocycles. The van der Waals surface area contributed by atoms with Gasteiger partial charge >= 0.3 is 0 Å². The lowest BCUT2D eigenvalue weighted by Gasteiger charge is -2.22. The lowest BCUT2D eigenvalue weighted by molar-refractivity contribution is 0.214. The van der Waals surface area contributed by atoms with Crippen molar-refractivity contribution in [2.24, 2.45) is 7.05 Å². The second kappa shape index (κ2) is 6.10. The molecule has 5 rings (SSSR count). The second-order valence-corrected chi connectivity index (χ2v) is 6.62. The molecule has 0 saturated carbocycles. The monoisotopic (exact) mass is 349 g/mol. The molecule has 1 saturated heterocycles. The lowest BCUT2D eigenvalue weighted by Crippen LogP contribution is -2.25. The number of rotatable bonds is 4. The van der Waals surface area contributed by atoms with Crippen molar-refractivity contribution < 1.29 is 8.83 Å². The van der Waals surface area contributed by atoms with E-state index < -0.39 is 0 Å².